The lowest BCUT2D eigenvalue weighted by atomic mass is 10.0. The van der Waals surface area contributed by atoms with Gasteiger partial charge >= 0.3 is 6.09 Å². The van der Waals surface area contributed by atoms with Crippen LogP contribution >= 0.6 is 0 Å². The monoisotopic (exact) mass is 333 g/mol. The number of nitrogens with one attached hydrogen (secondary N) is 1. The van der Waals surface area contributed by atoms with Gasteiger partial charge in [0.2, 0.25) is 0 Å². The number of alkyl carbamates (subject to hydrolysis) is 1. The van der Waals surface area contributed by atoms with Crippen LogP contribution in [0.2, 0.25) is 0 Å². The highest BCUT2D eigenvalue weighted by Gasteiger charge is 2.27. The molecular formula is C17H23N3O4. The quantitative estimate of drug-likeness (QED) is 0.832. The molecular weight excluding hydrogens is 310 g/mol. The molecule has 7 heteroatoms. The molecule has 0 bridgehead atoms. The van der Waals surface area contributed by atoms with Crippen molar-refractivity contribution in [3.05, 3.63) is 35.4 Å². The van der Waals surface area contributed by atoms with Gasteiger partial charge in [-0.15, -0.1) is 0 Å². The van der Waals surface area contributed by atoms with Crippen molar-refractivity contribution in [3.8, 4) is 6.07 Å². The number of nitrogens with zero attached hydrogens (tertiary/aromatic N) is 2. The molecule has 0 radical (unpaired) electrons. The van der Waals surface area contributed by atoms with Crippen LogP contribution in [0, 0.1) is 11.3 Å². The van der Waals surface area contributed by atoms with Crippen molar-refractivity contribution in [2.75, 3.05) is 14.2 Å². The minimum atomic E-state index is -0.876. The van der Waals surface area contributed by atoms with E-state index in [4.69, 9.17) is 14.8 Å². The highest BCUT2D eigenvalue weighted by molar-refractivity contribution is 5.85. The lowest BCUT2D eigenvalue weighted by molar-refractivity contribution is -0.171. The van der Waals surface area contributed by atoms with Gasteiger partial charge in [-0.3, -0.25) is 9.63 Å². The van der Waals surface area contributed by atoms with Crippen molar-refractivity contribution >= 4 is 12.0 Å². The zero-order valence-electron chi connectivity index (χ0n) is 14.6. The molecule has 7 nitrogen and oxygen atoms in total. The first kappa shape index (κ1) is 19.5. The van der Waals surface area contributed by atoms with Crippen LogP contribution in [0.1, 0.15) is 31.9 Å². The lowest BCUT2D eigenvalue weighted by Crippen LogP contribution is -2.49. The van der Waals surface area contributed by atoms with Gasteiger partial charge in [0, 0.05) is 13.5 Å². The summed E-state index contributed by atoms with van der Waals surface area (Å²) in [6.07, 6.45) is -0.483. The van der Waals surface area contributed by atoms with Gasteiger partial charge in [0.25, 0.3) is 5.91 Å². The molecule has 1 aromatic carbocycles. The van der Waals surface area contributed by atoms with Crippen molar-refractivity contribution in [1.29, 1.82) is 5.26 Å². The number of likely N-dealkylation sites (N-methyl/N-ethyl adjacent to an activating group) is 1. The standard InChI is InChI=1S/C17H23N3O4/c1-17(2,3)24-16(22)19-14(15(21)20(4)23-5)10-12-7-6-8-13(9-12)11-18/h6-9,14H,10H2,1-5H3,(H,19,22). The molecule has 0 spiro atoms. The Balaban J connectivity index is 2.94. The van der Waals surface area contributed by atoms with E-state index in [0.717, 1.165) is 10.6 Å². The zero-order chi connectivity index (χ0) is 18.3. The summed E-state index contributed by atoms with van der Waals surface area (Å²) in [5, 5.41) is 12.6. The maximum Gasteiger partial charge on any atom is 0.408 e. The van der Waals surface area contributed by atoms with E-state index in [1.54, 1.807) is 45.0 Å². The van der Waals surface area contributed by atoms with Gasteiger partial charge < -0.3 is 10.1 Å². The third-order valence-electron chi connectivity index (χ3n) is 3.07. The second kappa shape index (κ2) is 8.31. The van der Waals surface area contributed by atoms with Crippen LogP contribution in [0.15, 0.2) is 24.3 Å². The molecule has 0 aliphatic carbocycles. The Labute approximate surface area is 142 Å². The topological polar surface area (TPSA) is 91.7 Å². The first-order valence-corrected chi connectivity index (χ1v) is 7.46. The van der Waals surface area contributed by atoms with E-state index in [9.17, 15) is 9.59 Å². The molecule has 2 amide bonds. The first-order chi connectivity index (χ1) is 11.2. The highest BCUT2D eigenvalue weighted by Crippen LogP contribution is 2.11. The van der Waals surface area contributed by atoms with Crippen molar-refractivity contribution < 1.29 is 19.2 Å². The van der Waals surface area contributed by atoms with Gasteiger partial charge in [0.05, 0.1) is 18.7 Å². The number of nitriles is 1. The van der Waals surface area contributed by atoms with Gasteiger partial charge in [-0.2, -0.15) is 5.26 Å². The molecule has 130 valence electrons. The Morgan fingerprint density at radius 3 is 2.58 bits per heavy atom. The molecule has 0 fully saturated rings. The first-order valence-electron chi connectivity index (χ1n) is 7.46. The van der Waals surface area contributed by atoms with E-state index in [2.05, 4.69) is 5.32 Å². The maximum absolute atomic E-state index is 12.4. The average molecular weight is 333 g/mol. The van der Waals surface area contributed by atoms with Crippen LogP contribution < -0.4 is 5.32 Å². The Bertz CT molecular complexity index is 631. The molecule has 0 aromatic heterocycles. The van der Waals surface area contributed by atoms with E-state index in [0.29, 0.717) is 5.56 Å². The Morgan fingerprint density at radius 2 is 2.04 bits per heavy atom. The smallest absolute Gasteiger partial charge is 0.408 e. The number of ether oxygens (including phenoxy) is 1. The second-order valence-electron chi connectivity index (χ2n) is 6.23. The second-order valence-corrected chi connectivity index (χ2v) is 6.23. The normalized spacial score (nSPS) is 12.0. The van der Waals surface area contributed by atoms with E-state index in [-0.39, 0.29) is 6.42 Å². The van der Waals surface area contributed by atoms with Crippen molar-refractivity contribution in [2.24, 2.45) is 0 Å². The minimum absolute atomic E-state index is 0.210. The van der Waals surface area contributed by atoms with Crippen LogP contribution in [-0.2, 0) is 20.8 Å². The summed E-state index contributed by atoms with van der Waals surface area (Å²) in [5.74, 6) is -0.425. The summed E-state index contributed by atoms with van der Waals surface area (Å²) in [7, 11) is 2.82. The summed E-state index contributed by atoms with van der Waals surface area (Å²) < 4.78 is 5.20. The molecule has 1 aromatic rings. The predicted molar refractivity (Wildman–Crippen MR) is 87.8 cm³/mol. The molecule has 1 rings (SSSR count). The number of hydrogen-bond acceptors (Lipinski definition) is 5. The minimum Gasteiger partial charge on any atom is -0.444 e. The number of hydrogen-bond donors (Lipinski definition) is 1. The van der Waals surface area contributed by atoms with Gasteiger partial charge in [0.15, 0.2) is 0 Å². The summed E-state index contributed by atoms with van der Waals surface area (Å²) in [6.45, 7) is 5.21. The molecule has 24 heavy (non-hydrogen) atoms. The van der Waals surface area contributed by atoms with E-state index in [1.165, 1.54) is 14.2 Å². The third-order valence-corrected chi connectivity index (χ3v) is 3.07. The summed E-state index contributed by atoms with van der Waals surface area (Å²) in [4.78, 5) is 29.3. The molecule has 1 atom stereocenters. The van der Waals surface area contributed by atoms with Gasteiger partial charge in [-0.05, 0) is 38.5 Å². The van der Waals surface area contributed by atoms with Crippen molar-refractivity contribution in [1.82, 2.24) is 10.4 Å². The molecule has 0 saturated heterocycles. The molecule has 0 saturated carbocycles. The van der Waals surface area contributed by atoms with Crippen LogP contribution in [-0.4, -0.2) is 42.9 Å². The third kappa shape index (κ3) is 6.26. The predicted octanol–water partition coefficient (Wildman–Crippen LogP) is 2.01. The van der Waals surface area contributed by atoms with E-state index in [1.807, 2.05) is 6.07 Å². The van der Waals surface area contributed by atoms with Crippen LogP contribution in [0.25, 0.3) is 0 Å². The highest BCUT2D eigenvalue weighted by atomic mass is 16.7. The average Bonchev–Trinajstić information content (AvgIpc) is 2.51. The fraction of sp³-hybridized carbons (Fsp3) is 0.471. The molecule has 0 heterocycles. The van der Waals surface area contributed by atoms with Crippen LogP contribution in [0.5, 0.6) is 0 Å². The van der Waals surface area contributed by atoms with E-state index < -0.39 is 23.6 Å². The molecule has 1 N–H and O–H groups in total. The van der Waals surface area contributed by atoms with Crippen LogP contribution in [0.4, 0.5) is 4.79 Å². The summed E-state index contributed by atoms with van der Waals surface area (Å²) in [6, 6.07) is 8.01. The molecule has 1 unspecified atom stereocenters. The fourth-order valence-corrected chi connectivity index (χ4v) is 1.96. The van der Waals surface area contributed by atoms with Crippen LogP contribution in [0.3, 0.4) is 0 Å². The Kier molecular flexibility index (Phi) is 6.74. The summed E-state index contributed by atoms with van der Waals surface area (Å²) >= 11 is 0. The maximum atomic E-state index is 12.4. The number of carbonyl (C=O) groups excluding carboxylic acids is 2. The van der Waals surface area contributed by atoms with Gasteiger partial charge in [-0.1, -0.05) is 12.1 Å². The van der Waals surface area contributed by atoms with Crippen molar-refractivity contribution in [3.63, 3.8) is 0 Å². The molecule has 0 aliphatic heterocycles. The number of benzene rings is 1. The molecule has 0 aliphatic rings. The fourth-order valence-electron chi connectivity index (χ4n) is 1.96. The zero-order valence-corrected chi connectivity index (χ0v) is 14.6. The largest absolute Gasteiger partial charge is 0.444 e. The number of rotatable bonds is 5. The van der Waals surface area contributed by atoms with Gasteiger partial charge in [-0.25, -0.2) is 9.86 Å². The lowest BCUT2D eigenvalue weighted by Gasteiger charge is -2.25. The Morgan fingerprint density at radius 1 is 1.38 bits per heavy atom. The van der Waals surface area contributed by atoms with Gasteiger partial charge in [0.1, 0.15) is 11.6 Å². The SMILES string of the molecule is CON(C)C(=O)C(Cc1cccc(C#N)c1)NC(=O)OC(C)(C)C. The van der Waals surface area contributed by atoms with Crippen molar-refractivity contribution in [2.45, 2.75) is 38.8 Å². The number of hydroxylamine groups is 2. The number of carbonyl (C=O) groups is 2. The van der Waals surface area contributed by atoms with E-state index >= 15 is 0 Å². The summed E-state index contributed by atoms with van der Waals surface area (Å²) in [5.41, 5.74) is 0.551. The Hall–Kier alpha value is -2.59. The number of amides is 2.